The van der Waals surface area contributed by atoms with E-state index in [0.29, 0.717) is 6.54 Å². The van der Waals surface area contributed by atoms with Crippen LogP contribution in [0.25, 0.3) is 0 Å². The van der Waals surface area contributed by atoms with Crippen LogP contribution in [0.4, 0.5) is 0 Å². The van der Waals surface area contributed by atoms with Gasteiger partial charge in [0.1, 0.15) is 0 Å². The van der Waals surface area contributed by atoms with Crippen LogP contribution in [0.3, 0.4) is 0 Å². The molecule has 0 saturated heterocycles. The summed E-state index contributed by atoms with van der Waals surface area (Å²) in [5.41, 5.74) is 1.93. The minimum atomic E-state index is -2.36. The molecule has 0 amide bonds. The van der Waals surface area contributed by atoms with Crippen molar-refractivity contribution >= 4 is 11.3 Å². The minimum absolute atomic E-state index is 0.625. The molecule has 0 rings (SSSR count). The number of nitrogens with two attached hydrogens (primary N) is 1. The third-order valence-corrected chi connectivity index (χ3v) is 0.158. The maximum Gasteiger partial charge on any atom is 0.0179 e. The molecule has 0 radical (unpaired) electrons. The molecule has 6 heteroatoms. The predicted octanol–water partition coefficient (Wildman–Crippen LogP) is -1.28. The van der Waals surface area contributed by atoms with Crippen molar-refractivity contribution in [1.82, 2.24) is 5.48 Å². The van der Waals surface area contributed by atoms with Gasteiger partial charge >= 0.3 is 0 Å². The Balaban J connectivity index is 0. The second kappa shape index (κ2) is 10.1. The fourth-order valence-corrected chi connectivity index (χ4v) is 0. The number of rotatable bonds is 1. The molecule has 0 aromatic rings. The molecule has 4 N–H and O–H groups in total. The SMILES string of the molecule is CCNO.NS(=O)[O-]. The lowest BCUT2D eigenvalue weighted by atomic mass is 10.8. The molecule has 0 fully saturated rings. The van der Waals surface area contributed by atoms with Crippen LogP contribution >= 0.6 is 0 Å². The van der Waals surface area contributed by atoms with Crippen molar-refractivity contribution in [3.05, 3.63) is 0 Å². The number of hydroxylamine groups is 1. The second-order valence-corrected chi connectivity index (χ2v) is 1.29. The Bertz CT molecular complexity index is 53.2. The lowest BCUT2D eigenvalue weighted by Crippen LogP contribution is -2.02. The van der Waals surface area contributed by atoms with E-state index in [1.165, 1.54) is 0 Å². The summed E-state index contributed by atoms with van der Waals surface area (Å²) in [6.07, 6.45) is 0. The fourth-order valence-electron chi connectivity index (χ4n) is 0. The summed E-state index contributed by atoms with van der Waals surface area (Å²) in [6, 6.07) is 0. The van der Waals surface area contributed by atoms with E-state index in [-0.39, 0.29) is 0 Å². The Morgan fingerprint density at radius 1 is 2.00 bits per heavy atom. The van der Waals surface area contributed by atoms with E-state index in [2.05, 4.69) is 5.14 Å². The molecule has 8 heavy (non-hydrogen) atoms. The van der Waals surface area contributed by atoms with Gasteiger partial charge in [-0.15, -0.1) is 0 Å². The van der Waals surface area contributed by atoms with Gasteiger partial charge in [0.15, 0.2) is 0 Å². The van der Waals surface area contributed by atoms with Crippen LogP contribution in [0.5, 0.6) is 0 Å². The summed E-state index contributed by atoms with van der Waals surface area (Å²) < 4.78 is 17.6. The predicted molar refractivity (Wildman–Crippen MR) is 28.6 cm³/mol. The van der Waals surface area contributed by atoms with Crippen LogP contribution in [0.15, 0.2) is 0 Å². The maximum absolute atomic E-state index is 8.78. The van der Waals surface area contributed by atoms with E-state index in [9.17, 15) is 0 Å². The van der Waals surface area contributed by atoms with Gasteiger partial charge in [-0.3, -0.25) is 9.35 Å². The fraction of sp³-hybridized carbons (Fsp3) is 1.00. The molecule has 0 aromatic carbocycles. The van der Waals surface area contributed by atoms with Gasteiger partial charge in [-0.25, -0.2) is 5.48 Å². The third kappa shape index (κ3) is 152. The average Bonchev–Trinajstić information content (AvgIpc) is 1.65. The zero-order valence-corrected chi connectivity index (χ0v) is 5.27. The Morgan fingerprint density at radius 2 is 2.12 bits per heavy atom. The zero-order valence-electron chi connectivity index (χ0n) is 4.46. The molecule has 1 unspecified atom stereocenters. The molecule has 1 atom stereocenters. The van der Waals surface area contributed by atoms with Crippen molar-refractivity contribution < 1.29 is 14.0 Å². The van der Waals surface area contributed by atoms with Crippen LogP contribution in [-0.4, -0.2) is 20.5 Å². The molecule has 0 heterocycles. The van der Waals surface area contributed by atoms with Crippen LogP contribution < -0.4 is 10.6 Å². The van der Waals surface area contributed by atoms with Crippen molar-refractivity contribution in [1.29, 1.82) is 0 Å². The van der Waals surface area contributed by atoms with Crippen molar-refractivity contribution in [3.63, 3.8) is 0 Å². The summed E-state index contributed by atoms with van der Waals surface area (Å²) in [6.45, 7) is 2.44. The Kier molecular flexibility index (Phi) is 13.7. The lowest BCUT2D eigenvalue weighted by Gasteiger charge is -1.85. The molecule has 0 aromatic heterocycles. The molecule has 0 aliphatic heterocycles. The molecule has 5 nitrogen and oxygen atoms in total. The van der Waals surface area contributed by atoms with E-state index >= 15 is 0 Å². The summed E-state index contributed by atoms with van der Waals surface area (Å²) >= 11 is -2.36. The van der Waals surface area contributed by atoms with E-state index in [0.717, 1.165) is 0 Å². The van der Waals surface area contributed by atoms with Crippen molar-refractivity contribution in [2.45, 2.75) is 6.92 Å². The molecule has 0 saturated carbocycles. The van der Waals surface area contributed by atoms with Crippen LogP contribution in [-0.2, 0) is 11.3 Å². The van der Waals surface area contributed by atoms with E-state index in [1.54, 1.807) is 0 Å². The van der Waals surface area contributed by atoms with Crippen molar-refractivity contribution in [2.24, 2.45) is 5.14 Å². The quantitative estimate of drug-likeness (QED) is 0.313. The smallest absolute Gasteiger partial charge is 0.0179 e. The van der Waals surface area contributed by atoms with E-state index in [1.807, 2.05) is 12.4 Å². The molecule has 0 aliphatic carbocycles. The number of nitrogens with one attached hydrogen (secondary N) is 1. The van der Waals surface area contributed by atoms with Gasteiger partial charge in [0, 0.05) is 17.8 Å². The summed E-state index contributed by atoms with van der Waals surface area (Å²) in [4.78, 5) is 0. The molecule has 0 spiro atoms. The Hall–Kier alpha value is -0.0100. The van der Waals surface area contributed by atoms with Gasteiger partial charge in [-0.05, 0) is 0 Å². The zero-order chi connectivity index (χ0) is 6.99. The first-order chi connectivity index (χ1) is 3.65. The average molecular weight is 141 g/mol. The summed E-state index contributed by atoms with van der Waals surface area (Å²) in [5, 5.41) is 11.7. The molecule has 0 bridgehead atoms. The Morgan fingerprint density at radius 3 is 2.12 bits per heavy atom. The summed E-state index contributed by atoms with van der Waals surface area (Å²) in [5.74, 6) is 0. The highest BCUT2D eigenvalue weighted by Gasteiger charge is 1.51. The normalized spacial score (nSPS) is 11.5. The first-order valence-corrected chi connectivity index (χ1v) is 2.99. The first-order valence-electron chi connectivity index (χ1n) is 1.85. The highest BCUT2D eigenvalue weighted by molar-refractivity contribution is 7.76. The van der Waals surface area contributed by atoms with Crippen molar-refractivity contribution in [3.8, 4) is 0 Å². The van der Waals surface area contributed by atoms with E-state index < -0.39 is 11.3 Å². The minimum Gasteiger partial charge on any atom is -0.760 e. The first kappa shape index (κ1) is 10.9. The summed E-state index contributed by atoms with van der Waals surface area (Å²) in [7, 11) is 0. The van der Waals surface area contributed by atoms with Crippen LogP contribution in [0, 0.1) is 0 Å². The topological polar surface area (TPSA) is 98.4 Å². The number of hydrogen-bond acceptors (Lipinski definition) is 4. The Labute approximate surface area is 50.3 Å². The van der Waals surface area contributed by atoms with Gasteiger partial charge in [0.2, 0.25) is 0 Å². The maximum atomic E-state index is 8.78. The standard InChI is InChI=1S/C2H7NO.H3NO2S/c1-2-3-4;1-4(2)3/h3-4H,2H2,1H3;1H2,(H,2,3)/p-1. The van der Waals surface area contributed by atoms with Crippen molar-refractivity contribution in [2.75, 3.05) is 6.54 Å². The van der Waals surface area contributed by atoms with Gasteiger partial charge in [0.25, 0.3) is 0 Å². The molecular weight excluding hydrogens is 132 g/mol. The molecule has 0 aliphatic rings. The molecule has 52 valence electrons. The van der Waals surface area contributed by atoms with E-state index in [4.69, 9.17) is 14.0 Å². The largest absolute Gasteiger partial charge is 0.760 e. The van der Waals surface area contributed by atoms with Gasteiger partial charge in [-0.1, -0.05) is 6.92 Å². The molecular formula is C2H9N2O3S-. The van der Waals surface area contributed by atoms with Gasteiger partial charge < -0.3 is 9.76 Å². The van der Waals surface area contributed by atoms with Gasteiger partial charge in [0.05, 0.1) is 0 Å². The van der Waals surface area contributed by atoms with Gasteiger partial charge in [-0.2, -0.15) is 0 Å². The second-order valence-electron chi connectivity index (χ2n) is 0.772. The highest BCUT2D eigenvalue weighted by atomic mass is 32.2. The third-order valence-electron chi connectivity index (χ3n) is 0.158. The van der Waals surface area contributed by atoms with Crippen LogP contribution in [0.1, 0.15) is 6.92 Å². The lowest BCUT2D eigenvalue weighted by molar-refractivity contribution is 0.173. The van der Waals surface area contributed by atoms with Crippen LogP contribution in [0.2, 0.25) is 0 Å². The monoisotopic (exact) mass is 141 g/mol. The highest BCUT2D eigenvalue weighted by Crippen LogP contribution is 1.34. The number of hydrogen-bond donors (Lipinski definition) is 3.